The van der Waals surface area contributed by atoms with Gasteiger partial charge in [-0.2, -0.15) is 4.99 Å². The van der Waals surface area contributed by atoms with Gasteiger partial charge >= 0.3 is 0 Å². The summed E-state index contributed by atoms with van der Waals surface area (Å²) in [6, 6.07) is 21.5. The first-order valence-electron chi connectivity index (χ1n) is 9.67. The van der Waals surface area contributed by atoms with E-state index >= 15 is 0 Å². The Bertz CT molecular complexity index is 1250. The van der Waals surface area contributed by atoms with E-state index in [0.29, 0.717) is 10.6 Å². The van der Waals surface area contributed by atoms with Gasteiger partial charge in [-0.05, 0) is 47.9 Å². The first kappa shape index (κ1) is 19.6. The summed E-state index contributed by atoms with van der Waals surface area (Å²) in [4.78, 5) is 19.6. The lowest BCUT2D eigenvalue weighted by Crippen LogP contribution is -2.17. The minimum absolute atomic E-state index is 0.212. The molecule has 4 rings (SSSR count). The van der Waals surface area contributed by atoms with Gasteiger partial charge in [-0.15, -0.1) is 11.3 Å². The summed E-state index contributed by atoms with van der Waals surface area (Å²) in [5, 5.41) is 2.68. The molecule has 0 saturated heterocycles. The van der Waals surface area contributed by atoms with E-state index in [1.165, 1.54) is 4.88 Å². The molecule has 0 N–H and O–H groups in total. The molecule has 1 aromatic heterocycles. The highest BCUT2D eigenvalue weighted by molar-refractivity contribution is 7.09. The molecule has 1 amide bonds. The minimum atomic E-state index is -0.212. The lowest BCUT2D eigenvalue weighted by molar-refractivity contribution is 0.0999. The zero-order valence-electron chi connectivity index (χ0n) is 16.4. The van der Waals surface area contributed by atoms with E-state index in [9.17, 15) is 4.79 Å². The Hall–Kier alpha value is -2.69. The third-order valence-corrected chi connectivity index (χ3v) is 6.43. The first-order chi connectivity index (χ1) is 14.1. The number of hydrogen-bond acceptors (Lipinski definition) is 2. The summed E-state index contributed by atoms with van der Waals surface area (Å²) in [6.45, 7) is 4.94. The van der Waals surface area contributed by atoms with Crippen LogP contribution in [0.25, 0.3) is 22.0 Å². The van der Waals surface area contributed by atoms with E-state index in [2.05, 4.69) is 23.4 Å². The molecule has 0 radical (unpaired) electrons. The van der Waals surface area contributed by atoms with Crippen molar-refractivity contribution in [2.45, 2.75) is 26.8 Å². The quantitative estimate of drug-likeness (QED) is 0.379. The van der Waals surface area contributed by atoms with Crippen LogP contribution in [-0.4, -0.2) is 10.5 Å². The number of aromatic nitrogens is 1. The van der Waals surface area contributed by atoms with Crippen molar-refractivity contribution in [1.29, 1.82) is 0 Å². The van der Waals surface area contributed by atoms with Crippen LogP contribution in [0, 0.1) is 0 Å². The molecule has 0 aliphatic rings. The van der Waals surface area contributed by atoms with Crippen LogP contribution in [-0.2, 0) is 13.0 Å². The number of carbonyl (C=O) groups excluding carboxylic acids is 1. The van der Waals surface area contributed by atoms with Crippen LogP contribution in [0.4, 0.5) is 0 Å². The average molecular weight is 421 g/mol. The SMILES string of the molecule is CCc1sc(=NC(=O)c2cccc3ccccc23)n(CC)c1-c1ccc(Cl)cc1. The smallest absolute Gasteiger partial charge is 0.280 e. The molecule has 5 heteroatoms. The Balaban J connectivity index is 1.87. The van der Waals surface area contributed by atoms with E-state index in [-0.39, 0.29) is 5.91 Å². The van der Waals surface area contributed by atoms with Crippen LogP contribution in [0.5, 0.6) is 0 Å². The number of hydrogen-bond donors (Lipinski definition) is 0. The number of thiazole rings is 1. The molecule has 1 heterocycles. The van der Waals surface area contributed by atoms with Gasteiger partial charge in [-0.1, -0.05) is 67.1 Å². The summed E-state index contributed by atoms with van der Waals surface area (Å²) in [5.74, 6) is -0.212. The van der Waals surface area contributed by atoms with Gasteiger partial charge in [0.25, 0.3) is 5.91 Å². The second-order valence-corrected chi connectivity index (χ2v) is 8.20. The molecular formula is C24H21ClN2OS. The van der Waals surface area contributed by atoms with Crippen molar-refractivity contribution in [1.82, 2.24) is 4.57 Å². The summed E-state index contributed by atoms with van der Waals surface area (Å²) in [5.41, 5.74) is 2.83. The molecule has 4 aromatic rings. The lowest BCUT2D eigenvalue weighted by Gasteiger charge is -2.08. The molecule has 0 fully saturated rings. The molecule has 0 aliphatic heterocycles. The fourth-order valence-corrected chi connectivity index (χ4v) is 4.83. The zero-order chi connectivity index (χ0) is 20.4. The van der Waals surface area contributed by atoms with Crippen molar-refractivity contribution in [3.63, 3.8) is 0 Å². The topological polar surface area (TPSA) is 34.4 Å². The van der Waals surface area contributed by atoms with Crippen LogP contribution in [0.3, 0.4) is 0 Å². The summed E-state index contributed by atoms with van der Waals surface area (Å²) < 4.78 is 2.12. The van der Waals surface area contributed by atoms with E-state index in [1.807, 2.05) is 66.7 Å². The Morgan fingerprint density at radius 1 is 1.00 bits per heavy atom. The standard InChI is InChI=1S/C24H21ClN2OS/c1-3-21-22(17-12-14-18(25)15-13-17)27(4-2)24(29-21)26-23(28)20-11-7-9-16-8-5-6-10-19(16)20/h5-15H,3-4H2,1-2H3. The molecule has 0 atom stereocenters. The summed E-state index contributed by atoms with van der Waals surface area (Å²) in [7, 11) is 0. The van der Waals surface area contributed by atoms with Crippen molar-refractivity contribution in [2.75, 3.05) is 0 Å². The maximum atomic E-state index is 13.1. The molecule has 0 bridgehead atoms. The number of amides is 1. The maximum absolute atomic E-state index is 13.1. The number of nitrogens with zero attached hydrogens (tertiary/aromatic N) is 2. The van der Waals surface area contributed by atoms with Crippen molar-refractivity contribution in [3.05, 3.63) is 87.0 Å². The first-order valence-corrected chi connectivity index (χ1v) is 10.9. The van der Waals surface area contributed by atoms with Gasteiger partial charge < -0.3 is 4.57 Å². The molecule has 0 unspecified atom stereocenters. The van der Waals surface area contributed by atoms with Crippen molar-refractivity contribution in [2.24, 2.45) is 4.99 Å². The highest BCUT2D eigenvalue weighted by Gasteiger charge is 2.15. The monoisotopic (exact) mass is 420 g/mol. The second kappa shape index (κ2) is 8.36. The Morgan fingerprint density at radius 3 is 2.45 bits per heavy atom. The predicted octanol–water partition coefficient (Wildman–Crippen LogP) is 6.35. The maximum Gasteiger partial charge on any atom is 0.280 e. The normalized spacial score (nSPS) is 11.9. The third-order valence-electron chi connectivity index (χ3n) is 4.95. The van der Waals surface area contributed by atoms with Gasteiger partial charge in [-0.3, -0.25) is 4.79 Å². The molecule has 146 valence electrons. The van der Waals surface area contributed by atoms with Crippen molar-refractivity contribution < 1.29 is 4.79 Å². The highest BCUT2D eigenvalue weighted by Crippen LogP contribution is 2.28. The van der Waals surface area contributed by atoms with Gasteiger partial charge in [-0.25, -0.2) is 0 Å². The van der Waals surface area contributed by atoms with Crippen LogP contribution in [0.1, 0.15) is 29.1 Å². The van der Waals surface area contributed by atoms with Gasteiger partial charge in [0.1, 0.15) is 0 Å². The second-order valence-electron chi connectivity index (χ2n) is 6.70. The Morgan fingerprint density at radius 2 is 1.72 bits per heavy atom. The summed E-state index contributed by atoms with van der Waals surface area (Å²) >= 11 is 7.65. The van der Waals surface area contributed by atoms with Crippen LogP contribution in [0.15, 0.2) is 71.7 Å². The lowest BCUT2D eigenvalue weighted by atomic mass is 10.0. The molecular weight excluding hydrogens is 400 g/mol. The van der Waals surface area contributed by atoms with Gasteiger partial charge in [0.05, 0.1) is 5.69 Å². The molecule has 29 heavy (non-hydrogen) atoms. The zero-order valence-corrected chi connectivity index (χ0v) is 17.9. The van der Waals surface area contributed by atoms with Gasteiger partial charge in [0.15, 0.2) is 4.80 Å². The van der Waals surface area contributed by atoms with Crippen LogP contribution in [0.2, 0.25) is 5.02 Å². The fraction of sp³-hybridized carbons (Fsp3) is 0.167. The number of rotatable bonds is 4. The predicted molar refractivity (Wildman–Crippen MR) is 122 cm³/mol. The van der Waals surface area contributed by atoms with Gasteiger partial charge in [0, 0.05) is 22.0 Å². The Kier molecular flexibility index (Phi) is 5.65. The minimum Gasteiger partial charge on any atom is -0.316 e. The largest absolute Gasteiger partial charge is 0.316 e. The van der Waals surface area contributed by atoms with Crippen LogP contribution >= 0.6 is 22.9 Å². The number of aryl methyl sites for hydroxylation is 1. The van der Waals surface area contributed by atoms with E-state index in [4.69, 9.17) is 11.6 Å². The number of carbonyl (C=O) groups is 1. The molecule has 0 spiro atoms. The number of halogens is 1. The van der Waals surface area contributed by atoms with Crippen molar-refractivity contribution in [3.8, 4) is 11.3 Å². The van der Waals surface area contributed by atoms with Gasteiger partial charge in [0.2, 0.25) is 0 Å². The summed E-state index contributed by atoms with van der Waals surface area (Å²) in [6.07, 6.45) is 0.876. The fourth-order valence-electron chi connectivity index (χ4n) is 3.56. The van der Waals surface area contributed by atoms with Crippen molar-refractivity contribution >= 4 is 39.6 Å². The van der Waals surface area contributed by atoms with E-state index in [1.54, 1.807) is 11.3 Å². The molecule has 3 nitrogen and oxygen atoms in total. The van der Waals surface area contributed by atoms with Crippen LogP contribution < -0.4 is 4.80 Å². The Labute approximate surface area is 178 Å². The number of fused-ring (bicyclic) bond motifs is 1. The van der Waals surface area contributed by atoms with E-state index < -0.39 is 0 Å². The molecule has 0 saturated carbocycles. The highest BCUT2D eigenvalue weighted by atomic mass is 35.5. The molecule has 0 aliphatic carbocycles. The van der Waals surface area contributed by atoms with E-state index in [0.717, 1.165) is 39.8 Å². The third kappa shape index (κ3) is 3.78. The number of benzene rings is 3. The molecule has 3 aromatic carbocycles. The average Bonchev–Trinajstić information content (AvgIpc) is 3.11.